The molecule has 4 rings (SSSR count). The molecule has 1 amide bonds. The van der Waals surface area contributed by atoms with Crippen LogP contribution in [0.15, 0.2) is 40.5 Å². The summed E-state index contributed by atoms with van der Waals surface area (Å²) in [6.07, 6.45) is 4.25. The number of H-pyrrole nitrogens is 1. The predicted octanol–water partition coefficient (Wildman–Crippen LogP) is 4.17. The van der Waals surface area contributed by atoms with E-state index in [-0.39, 0.29) is 17.5 Å². The summed E-state index contributed by atoms with van der Waals surface area (Å²) in [5.74, 6) is -0.167. The van der Waals surface area contributed by atoms with Gasteiger partial charge in [0.25, 0.3) is 11.5 Å². The Morgan fingerprint density at radius 1 is 1.31 bits per heavy atom. The van der Waals surface area contributed by atoms with Crippen molar-refractivity contribution in [3.63, 3.8) is 0 Å². The number of fused-ring (bicyclic) bond motifs is 1. The number of hydrogen-bond donors (Lipinski definition) is 2. The summed E-state index contributed by atoms with van der Waals surface area (Å²) >= 11 is 7.03. The third-order valence-electron chi connectivity index (χ3n) is 4.88. The first-order valence-electron chi connectivity index (χ1n) is 8.72. The number of amides is 1. The van der Waals surface area contributed by atoms with E-state index in [1.54, 1.807) is 34.1 Å². The summed E-state index contributed by atoms with van der Waals surface area (Å²) in [5.41, 5.74) is 1.05. The first-order valence-corrected chi connectivity index (χ1v) is 10.0. The summed E-state index contributed by atoms with van der Waals surface area (Å²) in [6.45, 7) is 0.494. The van der Waals surface area contributed by atoms with E-state index in [2.05, 4.69) is 10.3 Å². The molecule has 0 aliphatic heterocycles. The number of benzene rings is 1. The maximum absolute atomic E-state index is 12.9. The van der Waals surface area contributed by atoms with Crippen molar-refractivity contribution >= 4 is 40.4 Å². The summed E-state index contributed by atoms with van der Waals surface area (Å²) in [6, 6.07) is 9.24. The summed E-state index contributed by atoms with van der Waals surface area (Å²) in [5, 5.41) is 5.45. The van der Waals surface area contributed by atoms with Crippen molar-refractivity contribution in [2.45, 2.75) is 38.3 Å². The molecule has 1 aliphatic carbocycles. The first-order chi connectivity index (χ1) is 12.6. The molecule has 5 nitrogen and oxygen atoms in total. The number of thiophene rings is 1. The molecule has 26 heavy (non-hydrogen) atoms. The van der Waals surface area contributed by atoms with Gasteiger partial charge in [-0.1, -0.05) is 18.9 Å². The van der Waals surface area contributed by atoms with Crippen molar-refractivity contribution in [2.24, 2.45) is 0 Å². The van der Waals surface area contributed by atoms with E-state index < -0.39 is 0 Å². The van der Waals surface area contributed by atoms with Gasteiger partial charge in [0.05, 0.1) is 17.4 Å². The molecule has 7 heteroatoms. The van der Waals surface area contributed by atoms with Crippen LogP contribution in [0.2, 0.25) is 0 Å². The van der Waals surface area contributed by atoms with Crippen molar-refractivity contribution in [2.75, 3.05) is 0 Å². The molecule has 3 aromatic rings. The minimum Gasteiger partial charge on any atom is -0.347 e. The number of aromatic amines is 1. The quantitative estimate of drug-likeness (QED) is 0.663. The molecule has 0 atom stereocenters. The Hall–Kier alpha value is -2.25. The van der Waals surface area contributed by atoms with Gasteiger partial charge < -0.3 is 10.3 Å². The fourth-order valence-corrected chi connectivity index (χ4v) is 4.54. The fourth-order valence-electron chi connectivity index (χ4n) is 3.55. The monoisotopic (exact) mass is 385 g/mol. The van der Waals surface area contributed by atoms with E-state index in [1.165, 1.54) is 0 Å². The van der Waals surface area contributed by atoms with Gasteiger partial charge in [0.1, 0.15) is 0 Å². The zero-order chi connectivity index (χ0) is 18.1. The van der Waals surface area contributed by atoms with Crippen molar-refractivity contribution in [1.29, 1.82) is 0 Å². The average molecular weight is 386 g/mol. The highest BCUT2D eigenvalue weighted by molar-refractivity contribution is 7.71. The molecule has 1 saturated carbocycles. The molecule has 2 aromatic heterocycles. The summed E-state index contributed by atoms with van der Waals surface area (Å²) in [7, 11) is 0. The highest BCUT2D eigenvalue weighted by Gasteiger charge is 2.20. The number of rotatable bonds is 4. The van der Waals surface area contributed by atoms with Crippen molar-refractivity contribution < 1.29 is 4.79 Å². The number of aromatic nitrogens is 2. The molecule has 1 fully saturated rings. The second-order valence-electron chi connectivity index (χ2n) is 6.57. The number of carbonyl (C=O) groups is 1. The summed E-state index contributed by atoms with van der Waals surface area (Å²) < 4.78 is 2.15. The largest absolute Gasteiger partial charge is 0.347 e. The van der Waals surface area contributed by atoms with Crippen LogP contribution in [0.25, 0.3) is 10.9 Å². The highest BCUT2D eigenvalue weighted by Crippen LogP contribution is 2.28. The first kappa shape index (κ1) is 17.2. The number of nitrogens with zero attached hydrogens (tertiary/aromatic N) is 1. The van der Waals surface area contributed by atoms with Crippen LogP contribution in [0.4, 0.5) is 0 Å². The molecule has 0 radical (unpaired) electrons. The Morgan fingerprint density at radius 3 is 2.85 bits per heavy atom. The summed E-state index contributed by atoms with van der Waals surface area (Å²) in [4.78, 5) is 29.5. The van der Waals surface area contributed by atoms with Crippen molar-refractivity contribution in [1.82, 2.24) is 14.9 Å². The van der Waals surface area contributed by atoms with E-state index in [0.29, 0.717) is 27.8 Å². The zero-order valence-electron chi connectivity index (χ0n) is 14.2. The van der Waals surface area contributed by atoms with Gasteiger partial charge >= 0.3 is 0 Å². The topological polar surface area (TPSA) is 66.9 Å². The molecule has 1 aliphatic rings. The van der Waals surface area contributed by atoms with Crippen LogP contribution in [-0.2, 0) is 6.54 Å². The standard InChI is InChI=1S/C19H19N3O2S2/c23-17(20-11-14-6-3-9-26-14)12-7-8-15-16(10-12)21-19(25)22(18(15)24)13-4-1-2-5-13/h3,6-10,13H,1-2,4-5,11H2,(H,20,23)(H,21,25). The maximum atomic E-state index is 12.9. The van der Waals surface area contributed by atoms with Gasteiger partial charge in [-0.3, -0.25) is 14.2 Å². The van der Waals surface area contributed by atoms with Crippen LogP contribution in [-0.4, -0.2) is 15.5 Å². The molecule has 134 valence electrons. The van der Waals surface area contributed by atoms with Gasteiger partial charge in [0.2, 0.25) is 0 Å². The smallest absolute Gasteiger partial charge is 0.262 e. The molecule has 0 unspecified atom stereocenters. The van der Waals surface area contributed by atoms with Gasteiger partial charge in [-0.15, -0.1) is 11.3 Å². The van der Waals surface area contributed by atoms with Crippen LogP contribution in [0, 0.1) is 4.77 Å². The van der Waals surface area contributed by atoms with Gasteiger partial charge in [-0.25, -0.2) is 0 Å². The highest BCUT2D eigenvalue weighted by atomic mass is 32.1. The minimum absolute atomic E-state index is 0.0683. The molecule has 2 heterocycles. The predicted molar refractivity (Wildman–Crippen MR) is 106 cm³/mol. The normalized spacial score (nSPS) is 14.8. The minimum atomic E-state index is -0.167. The number of hydrogen-bond acceptors (Lipinski definition) is 4. The van der Waals surface area contributed by atoms with E-state index in [0.717, 1.165) is 30.6 Å². The second kappa shape index (κ2) is 7.17. The lowest BCUT2D eigenvalue weighted by Crippen LogP contribution is -2.26. The Kier molecular flexibility index (Phi) is 4.74. The Bertz CT molecular complexity index is 1060. The van der Waals surface area contributed by atoms with Crippen LogP contribution < -0.4 is 10.9 Å². The molecule has 0 spiro atoms. The van der Waals surface area contributed by atoms with Crippen LogP contribution in [0.1, 0.15) is 47.0 Å². The van der Waals surface area contributed by atoms with Gasteiger partial charge in [-0.05, 0) is 54.7 Å². The SMILES string of the molecule is O=C(NCc1cccs1)c1ccc2c(=O)n(C3CCCC3)c(=S)[nH]c2c1. The number of nitrogens with one attached hydrogen (secondary N) is 2. The third-order valence-corrected chi connectivity index (χ3v) is 6.06. The van der Waals surface area contributed by atoms with Gasteiger partial charge in [0.15, 0.2) is 4.77 Å². The fraction of sp³-hybridized carbons (Fsp3) is 0.316. The van der Waals surface area contributed by atoms with E-state index >= 15 is 0 Å². The lowest BCUT2D eigenvalue weighted by atomic mass is 10.1. The lowest BCUT2D eigenvalue weighted by molar-refractivity contribution is 0.0951. The molecule has 0 saturated heterocycles. The van der Waals surface area contributed by atoms with Gasteiger partial charge in [-0.2, -0.15) is 0 Å². The Labute approximate surface area is 159 Å². The van der Waals surface area contributed by atoms with E-state index in [9.17, 15) is 9.59 Å². The molecular formula is C19H19N3O2S2. The molecule has 0 bridgehead atoms. The molecule has 1 aromatic carbocycles. The Morgan fingerprint density at radius 2 is 2.12 bits per heavy atom. The number of carbonyl (C=O) groups excluding carboxylic acids is 1. The van der Waals surface area contributed by atoms with Crippen LogP contribution in [0.5, 0.6) is 0 Å². The zero-order valence-corrected chi connectivity index (χ0v) is 15.8. The maximum Gasteiger partial charge on any atom is 0.262 e. The van der Waals surface area contributed by atoms with Crippen LogP contribution >= 0.6 is 23.6 Å². The van der Waals surface area contributed by atoms with E-state index in [1.807, 2.05) is 17.5 Å². The molecule has 2 N–H and O–H groups in total. The van der Waals surface area contributed by atoms with Crippen molar-refractivity contribution in [3.05, 3.63) is 61.3 Å². The van der Waals surface area contributed by atoms with Crippen LogP contribution in [0.3, 0.4) is 0 Å². The molecular weight excluding hydrogens is 366 g/mol. The lowest BCUT2D eigenvalue weighted by Gasteiger charge is -2.14. The second-order valence-corrected chi connectivity index (χ2v) is 7.98. The van der Waals surface area contributed by atoms with Gasteiger partial charge in [0, 0.05) is 16.5 Å². The van der Waals surface area contributed by atoms with Crippen molar-refractivity contribution in [3.8, 4) is 0 Å². The Balaban J connectivity index is 1.65. The average Bonchev–Trinajstić information content (AvgIpc) is 3.33. The third kappa shape index (κ3) is 3.24. The van der Waals surface area contributed by atoms with E-state index in [4.69, 9.17) is 12.2 Å².